The van der Waals surface area contributed by atoms with Crippen LogP contribution in [0, 0.1) is 0 Å². The number of carbonyl (C=O) groups excluding carboxylic acids is 1. The van der Waals surface area contributed by atoms with Crippen LogP contribution in [0.3, 0.4) is 0 Å². The summed E-state index contributed by atoms with van der Waals surface area (Å²) in [7, 11) is 0. The van der Waals surface area contributed by atoms with Gasteiger partial charge in [-0.3, -0.25) is 4.79 Å². The molecule has 0 saturated heterocycles. The van der Waals surface area contributed by atoms with Crippen molar-refractivity contribution in [3.8, 4) is 0 Å². The highest BCUT2D eigenvalue weighted by atomic mass is 79.9. The second-order valence-corrected chi connectivity index (χ2v) is 5.23. The fourth-order valence-corrected chi connectivity index (χ4v) is 2.50. The summed E-state index contributed by atoms with van der Waals surface area (Å²) < 4.78 is 0.966. The van der Waals surface area contributed by atoms with Gasteiger partial charge in [0.1, 0.15) is 0 Å². The third kappa shape index (κ3) is 2.46. The van der Waals surface area contributed by atoms with Crippen LogP contribution < -0.4 is 5.32 Å². The number of hydrogen-bond acceptors (Lipinski definition) is 1. The standard InChI is InChI=1S/C13H16BrNO/c1-2-3-4-11-7-9-5-6-10(14)8-12(9)13(16)15-11/h5-6,8,11H,2-4,7H2,1H3,(H,15,16). The lowest BCUT2D eigenvalue weighted by Gasteiger charge is -2.25. The van der Waals surface area contributed by atoms with Crippen LogP contribution in [0.5, 0.6) is 0 Å². The van der Waals surface area contributed by atoms with Gasteiger partial charge in [-0.1, -0.05) is 41.8 Å². The monoisotopic (exact) mass is 281 g/mol. The van der Waals surface area contributed by atoms with Crippen LogP contribution in [-0.2, 0) is 6.42 Å². The van der Waals surface area contributed by atoms with E-state index in [1.807, 2.05) is 12.1 Å². The Hall–Kier alpha value is -0.830. The average Bonchev–Trinajstić information content (AvgIpc) is 2.27. The van der Waals surface area contributed by atoms with E-state index < -0.39 is 0 Å². The van der Waals surface area contributed by atoms with Crippen molar-refractivity contribution >= 4 is 21.8 Å². The average molecular weight is 282 g/mol. The molecule has 0 spiro atoms. The minimum absolute atomic E-state index is 0.0728. The molecule has 1 amide bonds. The summed E-state index contributed by atoms with van der Waals surface area (Å²) in [5, 5.41) is 3.07. The summed E-state index contributed by atoms with van der Waals surface area (Å²) >= 11 is 3.39. The van der Waals surface area contributed by atoms with Crippen molar-refractivity contribution in [1.82, 2.24) is 5.32 Å². The van der Waals surface area contributed by atoms with E-state index in [4.69, 9.17) is 0 Å². The van der Waals surface area contributed by atoms with Crippen molar-refractivity contribution in [1.29, 1.82) is 0 Å². The Balaban J connectivity index is 2.17. The molecule has 1 heterocycles. The van der Waals surface area contributed by atoms with Crippen molar-refractivity contribution < 1.29 is 4.79 Å². The van der Waals surface area contributed by atoms with E-state index in [1.54, 1.807) is 0 Å². The molecule has 2 rings (SSSR count). The fraction of sp³-hybridized carbons (Fsp3) is 0.462. The van der Waals surface area contributed by atoms with E-state index in [0.29, 0.717) is 6.04 Å². The fourth-order valence-electron chi connectivity index (χ4n) is 2.14. The zero-order chi connectivity index (χ0) is 11.5. The van der Waals surface area contributed by atoms with E-state index >= 15 is 0 Å². The molecular weight excluding hydrogens is 266 g/mol. The lowest BCUT2D eigenvalue weighted by atomic mass is 9.93. The first-order valence-corrected chi connectivity index (χ1v) is 6.59. The highest BCUT2D eigenvalue weighted by Crippen LogP contribution is 2.22. The van der Waals surface area contributed by atoms with Gasteiger partial charge in [0.2, 0.25) is 0 Å². The Morgan fingerprint density at radius 3 is 3.06 bits per heavy atom. The number of benzene rings is 1. The van der Waals surface area contributed by atoms with Crippen LogP contribution in [0.1, 0.15) is 42.1 Å². The molecular formula is C13H16BrNO. The molecule has 1 N–H and O–H groups in total. The lowest BCUT2D eigenvalue weighted by Crippen LogP contribution is -2.41. The first kappa shape index (κ1) is 11.6. The predicted molar refractivity (Wildman–Crippen MR) is 68.6 cm³/mol. The second-order valence-electron chi connectivity index (χ2n) is 4.32. The van der Waals surface area contributed by atoms with E-state index in [9.17, 15) is 4.79 Å². The minimum Gasteiger partial charge on any atom is -0.349 e. The minimum atomic E-state index is 0.0728. The highest BCUT2D eigenvalue weighted by Gasteiger charge is 2.23. The molecule has 2 nitrogen and oxygen atoms in total. The maximum absolute atomic E-state index is 11.9. The van der Waals surface area contributed by atoms with Gasteiger partial charge in [-0.15, -0.1) is 0 Å². The van der Waals surface area contributed by atoms with Crippen LogP contribution in [0.25, 0.3) is 0 Å². The maximum Gasteiger partial charge on any atom is 0.251 e. The summed E-state index contributed by atoms with van der Waals surface area (Å²) in [6, 6.07) is 6.28. The van der Waals surface area contributed by atoms with Crippen molar-refractivity contribution in [3.63, 3.8) is 0 Å². The SMILES string of the molecule is CCCCC1Cc2ccc(Br)cc2C(=O)N1. The number of halogens is 1. The predicted octanol–water partition coefficient (Wildman–Crippen LogP) is 3.29. The Morgan fingerprint density at radius 2 is 2.31 bits per heavy atom. The third-order valence-electron chi connectivity index (χ3n) is 3.02. The van der Waals surface area contributed by atoms with Gasteiger partial charge in [-0.2, -0.15) is 0 Å². The van der Waals surface area contributed by atoms with Gasteiger partial charge in [0.25, 0.3) is 5.91 Å². The quantitative estimate of drug-likeness (QED) is 0.905. The number of unbranched alkanes of at least 4 members (excludes halogenated alkanes) is 1. The van der Waals surface area contributed by atoms with E-state index in [2.05, 4.69) is 34.2 Å². The summed E-state index contributed by atoms with van der Waals surface area (Å²) in [4.78, 5) is 11.9. The zero-order valence-corrected chi connectivity index (χ0v) is 11.0. The normalized spacial score (nSPS) is 19.1. The van der Waals surface area contributed by atoms with Crippen LogP contribution in [-0.4, -0.2) is 11.9 Å². The van der Waals surface area contributed by atoms with Crippen molar-refractivity contribution in [2.24, 2.45) is 0 Å². The lowest BCUT2D eigenvalue weighted by molar-refractivity contribution is 0.0922. The Bertz CT molecular complexity index is 403. The Labute approximate surface area is 105 Å². The molecule has 1 aromatic rings. The molecule has 1 aromatic carbocycles. The van der Waals surface area contributed by atoms with E-state index in [1.165, 1.54) is 18.4 Å². The first-order valence-electron chi connectivity index (χ1n) is 5.80. The molecule has 16 heavy (non-hydrogen) atoms. The van der Waals surface area contributed by atoms with Gasteiger partial charge in [0.05, 0.1) is 0 Å². The summed E-state index contributed by atoms with van der Waals surface area (Å²) in [5.41, 5.74) is 2.00. The third-order valence-corrected chi connectivity index (χ3v) is 3.52. The molecule has 0 fully saturated rings. The van der Waals surface area contributed by atoms with E-state index in [0.717, 1.165) is 22.9 Å². The molecule has 1 aliphatic heterocycles. The number of fused-ring (bicyclic) bond motifs is 1. The first-order chi connectivity index (χ1) is 7.70. The van der Waals surface area contributed by atoms with Gasteiger partial charge >= 0.3 is 0 Å². The number of hydrogen-bond donors (Lipinski definition) is 1. The van der Waals surface area contributed by atoms with Crippen molar-refractivity contribution in [2.75, 3.05) is 0 Å². The molecule has 0 aromatic heterocycles. The van der Waals surface area contributed by atoms with Crippen LogP contribution in [0.4, 0.5) is 0 Å². The summed E-state index contributed by atoms with van der Waals surface area (Å²) in [5.74, 6) is 0.0728. The van der Waals surface area contributed by atoms with E-state index in [-0.39, 0.29) is 5.91 Å². The number of amides is 1. The molecule has 86 valence electrons. The number of carbonyl (C=O) groups is 1. The molecule has 1 atom stereocenters. The Morgan fingerprint density at radius 1 is 1.50 bits per heavy atom. The smallest absolute Gasteiger partial charge is 0.251 e. The van der Waals surface area contributed by atoms with Gasteiger partial charge in [-0.25, -0.2) is 0 Å². The van der Waals surface area contributed by atoms with Gasteiger partial charge < -0.3 is 5.32 Å². The van der Waals surface area contributed by atoms with Gasteiger partial charge in [0, 0.05) is 16.1 Å². The zero-order valence-electron chi connectivity index (χ0n) is 9.42. The summed E-state index contributed by atoms with van der Waals surface area (Å²) in [6.45, 7) is 2.18. The Kier molecular flexibility index (Phi) is 3.64. The molecule has 0 saturated carbocycles. The number of nitrogens with one attached hydrogen (secondary N) is 1. The maximum atomic E-state index is 11.9. The topological polar surface area (TPSA) is 29.1 Å². The second kappa shape index (κ2) is 5.00. The van der Waals surface area contributed by atoms with Crippen LogP contribution >= 0.6 is 15.9 Å². The van der Waals surface area contributed by atoms with Gasteiger partial charge in [0.15, 0.2) is 0 Å². The molecule has 0 bridgehead atoms. The molecule has 0 aliphatic carbocycles. The summed E-state index contributed by atoms with van der Waals surface area (Å²) in [6.07, 6.45) is 4.41. The van der Waals surface area contributed by atoms with Crippen molar-refractivity contribution in [2.45, 2.75) is 38.6 Å². The molecule has 1 unspecified atom stereocenters. The largest absolute Gasteiger partial charge is 0.349 e. The molecule has 3 heteroatoms. The van der Waals surface area contributed by atoms with Crippen LogP contribution in [0.15, 0.2) is 22.7 Å². The number of rotatable bonds is 3. The van der Waals surface area contributed by atoms with Gasteiger partial charge in [-0.05, 0) is 30.5 Å². The van der Waals surface area contributed by atoms with Crippen molar-refractivity contribution in [3.05, 3.63) is 33.8 Å². The molecule has 0 radical (unpaired) electrons. The molecule has 1 aliphatic rings. The van der Waals surface area contributed by atoms with Crippen LogP contribution in [0.2, 0.25) is 0 Å². The highest BCUT2D eigenvalue weighted by molar-refractivity contribution is 9.10.